The molecular weight excluding hydrogens is 331 g/mol. The summed E-state index contributed by atoms with van der Waals surface area (Å²) in [4.78, 5) is 11.9. The van der Waals surface area contributed by atoms with Crippen LogP contribution in [-0.4, -0.2) is 15.9 Å². The van der Waals surface area contributed by atoms with Crippen LogP contribution in [0.4, 0.5) is 5.69 Å². The first-order chi connectivity index (χ1) is 9.59. The molecule has 1 atom stereocenters. The molecule has 0 aliphatic carbocycles. The molecule has 0 saturated heterocycles. The molecule has 0 aliphatic rings. The molecule has 1 aromatic rings. The van der Waals surface area contributed by atoms with Crippen LogP contribution in [0, 0.1) is 19.8 Å². The van der Waals surface area contributed by atoms with Crippen LogP contribution < -0.4 is 10.6 Å². The van der Waals surface area contributed by atoms with Crippen molar-refractivity contribution >= 4 is 46.4 Å². The molecule has 0 radical (unpaired) electrons. The van der Waals surface area contributed by atoms with Gasteiger partial charge in [0.05, 0.1) is 0 Å². The summed E-state index contributed by atoms with van der Waals surface area (Å²) >= 11 is 17.9. The van der Waals surface area contributed by atoms with E-state index in [1.165, 1.54) is 0 Å². The van der Waals surface area contributed by atoms with E-state index in [0.717, 1.165) is 16.8 Å². The molecule has 0 spiro atoms. The summed E-state index contributed by atoms with van der Waals surface area (Å²) in [6.45, 7) is 7.85. The Morgan fingerprint density at radius 2 is 1.86 bits per heavy atom. The molecule has 3 nitrogen and oxygen atoms in total. The number of halogens is 3. The number of hydrogen-bond donors (Lipinski definition) is 2. The number of hydrogen-bond acceptors (Lipinski definition) is 2. The second-order valence-electron chi connectivity index (χ2n) is 5.60. The predicted molar refractivity (Wildman–Crippen MR) is 91.2 cm³/mol. The number of amides is 1. The van der Waals surface area contributed by atoms with Crippen LogP contribution in [0.1, 0.15) is 31.4 Å². The van der Waals surface area contributed by atoms with Gasteiger partial charge in [-0.15, -0.1) is 0 Å². The summed E-state index contributed by atoms with van der Waals surface area (Å²) in [7, 11) is 0. The average molecular weight is 352 g/mol. The summed E-state index contributed by atoms with van der Waals surface area (Å²) in [5.74, 6) is 0.0841. The van der Waals surface area contributed by atoms with Gasteiger partial charge < -0.3 is 10.6 Å². The second kappa shape index (κ2) is 7.57. The Bertz CT molecular complexity index is 498. The number of alkyl halides is 3. The molecule has 1 unspecified atom stereocenters. The molecule has 0 fully saturated rings. The quantitative estimate of drug-likeness (QED) is 0.602. The Balaban J connectivity index is 2.89. The molecule has 0 aromatic heterocycles. The second-order valence-corrected chi connectivity index (χ2v) is 7.97. The molecule has 2 N–H and O–H groups in total. The van der Waals surface area contributed by atoms with Crippen molar-refractivity contribution in [2.45, 2.75) is 44.1 Å². The van der Waals surface area contributed by atoms with E-state index in [2.05, 4.69) is 10.6 Å². The smallest absolute Gasteiger partial charge is 0.228 e. The van der Waals surface area contributed by atoms with Crippen LogP contribution in [-0.2, 0) is 4.79 Å². The largest absolute Gasteiger partial charge is 0.362 e. The van der Waals surface area contributed by atoms with Gasteiger partial charge in [-0.3, -0.25) is 4.79 Å². The van der Waals surface area contributed by atoms with Gasteiger partial charge in [-0.2, -0.15) is 0 Å². The first-order valence-electron chi connectivity index (χ1n) is 6.79. The molecule has 21 heavy (non-hydrogen) atoms. The van der Waals surface area contributed by atoms with Gasteiger partial charge in [-0.1, -0.05) is 60.8 Å². The van der Waals surface area contributed by atoms with Gasteiger partial charge >= 0.3 is 0 Å². The maximum atomic E-state index is 11.9. The number of aryl methyl sites for hydroxylation is 2. The number of anilines is 1. The molecule has 1 aromatic carbocycles. The molecule has 0 bridgehead atoms. The first kappa shape index (κ1) is 18.4. The zero-order chi connectivity index (χ0) is 16.2. The standard InChI is InChI=1S/C15H21Cl3N2O/c1-9(2)7-13(21)20-14(15(16,17)18)19-12-8-10(3)5-6-11(12)4/h5-6,8-9,14,19H,7H2,1-4H3,(H,20,21). The van der Waals surface area contributed by atoms with Crippen molar-refractivity contribution in [1.82, 2.24) is 5.32 Å². The maximum absolute atomic E-state index is 11.9. The zero-order valence-corrected chi connectivity index (χ0v) is 14.9. The van der Waals surface area contributed by atoms with E-state index in [1.54, 1.807) is 0 Å². The van der Waals surface area contributed by atoms with Crippen molar-refractivity contribution in [1.29, 1.82) is 0 Å². The van der Waals surface area contributed by atoms with Crippen LogP contribution in [0.3, 0.4) is 0 Å². The van der Waals surface area contributed by atoms with Gasteiger partial charge in [0.2, 0.25) is 9.70 Å². The zero-order valence-electron chi connectivity index (χ0n) is 12.6. The highest BCUT2D eigenvalue weighted by atomic mass is 35.6. The summed E-state index contributed by atoms with van der Waals surface area (Å²) in [6, 6.07) is 5.93. The summed E-state index contributed by atoms with van der Waals surface area (Å²) in [5.41, 5.74) is 2.92. The number of rotatable bonds is 5. The third-order valence-electron chi connectivity index (χ3n) is 2.92. The third kappa shape index (κ3) is 6.33. The van der Waals surface area contributed by atoms with Gasteiger partial charge in [0, 0.05) is 12.1 Å². The fourth-order valence-corrected chi connectivity index (χ4v) is 2.16. The highest BCUT2D eigenvalue weighted by molar-refractivity contribution is 6.68. The normalized spacial score (nSPS) is 13.1. The lowest BCUT2D eigenvalue weighted by atomic mass is 10.1. The Labute approximate surface area is 141 Å². The number of nitrogens with one attached hydrogen (secondary N) is 2. The Hall–Kier alpha value is -0.640. The summed E-state index contributed by atoms with van der Waals surface area (Å²) < 4.78 is -1.65. The molecule has 1 amide bonds. The maximum Gasteiger partial charge on any atom is 0.228 e. The van der Waals surface area contributed by atoms with Crippen LogP contribution >= 0.6 is 34.8 Å². The fraction of sp³-hybridized carbons (Fsp3) is 0.533. The van der Waals surface area contributed by atoms with Crippen molar-refractivity contribution in [3.8, 4) is 0 Å². The van der Waals surface area contributed by atoms with Crippen LogP contribution in [0.5, 0.6) is 0 Å². The van der Waals surface area contributed by atoms with E-state index in [1.807, 2.05) is 45.9 Å². The van der Waals surface area contributed by atoms with E-state index in [0.29, 0.717) is 6.42 Å². The molecule has 0 saturated carbocycles. The SMILES string of the molecule is Cc1ccc(C)c(NC(NC(=O)CC(C)C)C(Cl)(Cl)Cl)c1. The van der Waals surface area contributed by atoms with Crippen molar-refractivity contribution < 1.29 is 4.79 Å². The van der Waals surface area contributed by atoms with E-state index >= 15 is 0 Å². The van der Waals surface area contributed by atoms with Gasteiger partial charge in [-0.25, -0.2) is 0 Å². The highest BCUT2D eigenvalue weighted by Gasteiger charge is 2.34. The molecule has 6 heteroatoms. The predicted octanol–water partition coefficient (Wildman–Crippen LogP) is 4.57. The summed E-state index contributed by atoms with van der Waals surface area (Å²) in [6.07, 6.45) is -0.416. The van der Waals surface area contributed by atoms with Crippen molar-refractivity contribution in [3.63, 3.8) is 0 Å². The Morgan fingerprint density at radius 1 is 1.24 bits per heavy atom. The molecule has 1 rings (SSSR count). The van der Waals surface area contributed by atoms with Crippen LogP contribution in [0.2, 0.25) is 0 Å². The van der Waals surface area contributed by atoms with Gasteiger partial charge in [0.15, 0.2) is 0 Å². The van der Waals surface area contributed by atoms with Gasteiger partial charge in [0.25, 0.3) is 0 Å². The first-order valence-corrected chi connectivity index (χ1v) is 7.93. The minimum absolute atomic E-state index is 0.154. The van der Waals surface area contributed by atoms with Crippen LogP contribution in [0.25, 0.3) is 0 Å². The highest BCUT2D eigenvalue weighted by Crippen LogP contribution is 2.32. The fourth-order valence-electron chi connectivity index (χ4n) is 1.84. The molecule has 0 aliphatic heterocycles. The van der Waals surface area contributed by atoms with Crippen molar-refractivity contribution in [2.24, 2.45) is 5.92 Å². The van der Waals surface area contributed by atoms with E-state index in [-0.39, 0.29) is 11.8 Å². The molecular formula is C15H21Cl3N2O. The lowest BCUT2D eigenvalue weighted by Gasteiger charge is -2.28. The number of carbonyl (C=O) groups excluding carboxylic acids is 1. The molecule has 118 valence electrons. The van der Waals surface area contributed by atoms with Crippen molar-refractivity contribution in [3.05, 3.63) is 29.3 Å². The van der Waals surface area contributed by atoms with E-state index in [9.17, 15) is 4.79 Å². The Morgan fingerprint density at radius 3 is 2.38 bits per heavy atom. The minimum atomic E-state index is -1.65. The van der Waals surface area contributed by atoms with Crippen molar-refractivity contribution in [2.75, 3.05) is 5.32 Å². The van der Waals surface area contributed by atoms with E-state index in [4.69, 9.17) is 34.8 Å². The summed E-state index contributed by atoms with van der Waals surface area (Å²) in [5, 5.41) is 5.84. The van der Waals surface area contributed by atoms with Gasteiger partial charge in [-0.05, 0) is 37.0 Å². The molecule has 0 heterocycles. The number of carbonyl (C=O) groups is 1. The van der Waals surface area contributed by atoms with E-state index < -0.39 is 9.96 Å². The lowest BCUT2D eigenvalue weighted by Crippen LogP contribution is -2.49. The minimum Gasteiger partial charge on any atom is -0.362 e. The monoisotopic (exact) mass is 350 g/mol. The third-order valence-corrected chi connectivity index (χ3v) is 3.57. The lowest BCUT2D eigenvalue weighted by molar-refractivity contribution is -0.122. The average Bonchev–Trinajstić information content (AvgIpc) is 2.30. The number of benzene rings is 1. The topological polar surface area (TPSA) is 41.1 Å². The van der Waals surface area contributed by atoms with Gasteiger partial charge in [0.1, 0.15) is 6.17 Å². The Kier molecular flexibility index (Phi) is 6.64. The van der Waals surface area contributed by atoms with Crippen LogP contribution in [0.15, 0.2) is 18.2 Å².